The molecule has 1 amide bonds. The molecule has 7 fully saturated rings. The fraction of sp³-hybridized carbons (Fsp3) is 0.541. The monoisotopic (exact) mass is 1110 g/mol. The number of carbonyl (C=O) groups is 4. The minimum Gasteiger partial charge on any atom is -0.508 e. The average Bonchev–Trinajstić information content (AvgIpc) is 4.21. The SMILES string of the molecule is CC(C)(C)OC(=O)N1CCCC(=O)C1.O=C1CCCN(Cc2ccccc2)C1.O=C1CCCNC1.O=S(=O)(c1ccc(O)cc1)N1CCOC12CCCN(Cc1ccccc1)C2.c1ccc(CN2CCCC3(C2)NCCO3)cc1. The van der Waals surface area contributed by atoms with E-state index >= 15 is 0 Å². The molecule has 2 atom stereocenters. The Bertz CT molecular complexity index is 2630. The fourth-order valence-corrected chi connectivity index (χ4v) is 12.6. The number of ether oxygens (including phenoxy) is 3. The first-order valence-corrected chi connectivity index (χ1v) is 29.8. The smallest absolute Gasteiger partial charge is 0.410 e. The maximum absolute atomic E-state index is 13.2. The first-order chi connectivity index (χ1) is 38.0. The van der Waals surface area contributed by atoms with Crippen molar-refractivity contribution < 1.29 is 46.9 Å². The van der Waals surface area contributed by atoms with Crippen LogP contribution in [0.1, 0.15) is 102 Å². The summed E-state index contributed by atoms with van der Waals surface area (Å²) >= 11 is 0. The molecule has 0 aromatic heterocycles. The Kier molecular flexibility index (Phi) is 23.2. The van der Waals surface area contributed by atoms with Gasteiger partial charge in [0.05, 0.1) is 37.7 Å². The Hall–Kier alpha value is -5.41. The number of carbonyl (C=O) groups excluding carboxylic acids is 4. The molecular formula is C61H85N7O10S. The number of amides is 1. The summed E-state index contributed by atoms with van der Waals surface area (Å²) in [7, 11) is -3.69. The number of likely N-dealkylation sites (tertiary alicyclic amines) is 4. The van der Waals surface area contributed by atoms with Gasteiger partial charge in [0.25, 0.3) is 0 Å². The third-order valence-corrected chi connectivity index (χ3v) is 16.6. The van der Waals surface area contributed by atoms with E-state index in [2.05, 4.69) is 79.9 Å². The van der Waals surface area contributed by atoms with Gasteiger partial charge >= 0.3 is 6.09 Å². The van der Waals surface area contributed by atoms with E-state index in [0.29, 0.717) is 63.7 Å². The summed E-state index contributed by atoms with van der Waals surface area (Å²) in [6.45, 7) is 18.6. The number of Topliss-reactive ketones (excluding diaryl/α,β-unsaturated/α-hetero) is 3. The number of sulfonamides is 1. The molecule has 11 rings (SSSR count). The van der Waals surface area contributed by atoms with Crippen molar-refractivity contribution in [3.63, 3.8) is 0 Å². The zero-order valence-electron chi connectivity index (χ0n) is 46.8. The number of aromatic hydroxyl groups is 1. The molecule has 3 N–H and O–H groups in total. The summed E-state index contributed by atoms with van der Waals surface area (Å²) in [6, 6.07) is 36.9. The minimum atomic E-state index is -3.69. The van der Waals surface area contributed by atoms with Crippen molar-refractivity contribution in [1.29, 1.82) is 0 Å². The van der Waals surface area contributed by atoms with Crippen molar-refractivity contribution in [1.82, 2.24) is 34.5 Å². The highest BCUT2D eigenvalue weighted by molar-refractivity contribution is 7.89. The van der Waals surface area contributed by atoms with Gasteiger partial charge in [-0.05, 0) is 133 Å². The number of benzene rings is 4. The van der Waals surface area contributed by atoms with Crippen LogP contribution in [0.4, 0.5) is 4.79 Å². The highest BCUT2D eigenvalue weighted by Gasteiger charge is 2.51. The molecule has 18 heteroatoms. The van der Waals surface area contributed by atoms with Crippen LogP contribution in [0, 0.1) is 0 Å². The molecule has 79 heavy (non-hydrogen) atoms. The van der Waals surface area contributed by atoms with Crippen LogP contribution < -0.4 is 10.6 Å². The lowest BCUT2D eigenvalue weighted by atomic mass is 10.0. The molecule has 4 aromatic rings. The molecule has 2 spiro atoms. The van der Waals surface area contributed by atoms with E-state index in [0.717, 1.165) is 104 Å². The van der Waals surface area contributed by atoms with Gasteiger partial charge in [-0.15, -0.1) is 0 Å². The fourth-order valence-electron chi connectivity index (χ4n) is 10.9. The van der Waals surface area contributed by atoms with Gasteiger partial charge in [0.2, 0.25) is 10.0 Å². The summed E-state index contributed by atoms with van der Waals surface area (Å²) < 4.78 is 45.1. The minimum absolute atomic E-state index is 0.0486. The molecule has 2 unspecified atom stereocenters. The first kappa shape index (κ1) is 61.2. The second kappa shape index (κ2) is 29.9. The van der Waals surface area contributed by atoms with Crippen molar-refractivity contribution in [2.75, 3.05) is 91.8 Å². The van der Waals surface area contributed by atoms with E-state index in [4.69, 9.17) is 14.2 Å². The Morgan fingerprint density at radius 3 is 1.67 bits per heavy atom. The summed E-state index contributed by atoms with van der Waals surface area (Å²) in [5.74, 6) is 0.897. The second-order valence-corrected chi connectivity index (χ2v) is 24.3. The first-order valence-electron chi connectivity index (χ1n) is 28.4. The lowest BCUT2D eigenvalue weighted by molar-refractivity contribution is -0.122. The van der Waals surface area contributed by atoms with Gasteiger partial charge in [-0.2, -0.15) is 4.31 Å². The van der Waals surface area contributed by atoms with Gasteiger partial charge in [0.15, 0.2) is 5.78 Å². The maximum atomic E-state index is 13.2. The maximum Gasteiger partial charge on any atom is 0.410 e. The summed E-state index contributed by atoms with van der Waals surface area (Å²) in [5.41, 5.74) is 2.54. The largest absolute Gasteiger partial charge is 0.508 e. The average molecular weight is 1110 g/mol. The quantitative estimate of drug-likeness (QED) is 0.158. The van der Waals surface area contributed by atoms with Crippen molar-refractivity contribution in [3.8, 4) is 5.75 Å². The normalized spacial score (nSPS) is 23.3. The van der Waals surface area contributed by atoms with E-state index in [-0.39, 0.29) is 34.8 Å². The Labute approximate surface area is 469 Å². The molecule has 17 nitrogen and oxygen atoms in total. The molecule has 0 aliphatic carbocycles. The number of phenols is 1. The molecular weight excluding hydrogens is 1020 g/mol. The van der Waals surface area contributed by atoms with Gasteiger partial charge in [-0.3, -0.25) is 34.4 Å². The van der Waals surface area contributed by atoms with Crippen LogP contribution in [0.25, 0.3) is 0 Å². The summed E-state index contributed by atoms with van der Waals surface area (Å²) in [5, 5.41) is 16.0. The lowest BCUT2D eigenvalue weighted by Gasteiger charge is -2.43. The van der Waals surface area contributed by atoms with Crippen molar-refractivity contribution in [3.05, 3.63) is 132 Å². The second-order valence-electron chi connectivity index (χ2n) is 22.4. The van der Waals surface area contributed by atoms with Crippen LogP contribution in [0.3, 0.4) is 0 Å². The Morgan fingerprint density at radius 1 is 0.608 bits per heavy atom. The lowest BCUT2D eigenvalue weighted by Crippen LogP contribution is -2.57. The molecule has 7 aliphatic heterocycles. The van der Waals surface area contributed by atoms with Crippen LogP contribution in [-0.4, -0.2) is 170 Å². The van der Waals surface area contributed by atoms with Gasteiger partial charge < -0.3 is 29.5 Å². The highest BCUT2D eigenvalue weighted by atomic mass is 32.2. The van der Waals surface area contributed by atoms with Crippen LogP contribution in [0.15, 0.2) is 120 Å². The van der Waals surface area contributed by atoms with Crippen LogP contribution in [-0.2, 0) is 58.3 Å². The predicted octanol–water partition coefficient (Wildman–Crippen LogP) is 7.38. The molecule has 7 aliphatic rings. The van der Waals surface area contributed by atoms with Crippen molar-refractivity contribution in [2.24, 2.45) is 0 Å². The molecule has 7 heterocycles. The number of piperidine rings is 5. The third kappa shape index (κ3) is 19.7. The molecule has 0 saturated carbocycles. The number of ketones is 3. The van der Waals surface area contributed by atoms with Crippen molar-refractivity contribution >= 4 is 33.5 Å². The third-order valence-electron chi connectivity index (χ3n) is 14.6. The van der Waals surface area contributed by atoms with Gasteiger partial charge in [-0.1, -0.05) is 91.0 Å². The zero-order valence-corrected chi connectivity index (χ0v) is 47.6. The zero-order chi connectivity index (χ0) is 56.1. The van der Waals surface area contributed by atoms with Crippen LogP contribution in [0.2, 0.25) is 0 Å². The molecule has 430 valence electrons. The molecule has 0 bridgehead atoms. The van der Waals surface area contributed by atoms with E-state index in [1.165, 1.54) is 63.1 Å². The summed E-state index contributed by atoms with van der Waals surface area (Å²) in [6.07, 6.45) is 8.49. The Balaban J connectivity index is 0.000000152. The van der Waals surface area contributed by atoms with Gasteiger partial charge in [0.1, 0.15) is 34.4 Å². The van der Waals surface area contributed by atoms with Gasteiger partial charge in [-0.25, -0.2) is 13.2 Å². The van der Waals surface area contributed by atoms with Crippen LogP contribution in [0.5, 0.6) is 5.75 Å². The number of nitrogens with one attached hydrogen (secondary N) is 2. The molecule has 0 radical (unpaired) electrons. The topological polar surface area (TPSA) is 191 Å². The number of nitrogens with zero attached hydrogens (tertiary/aromatic N) is 5. The summed E-state index contributed by atoms with van der Waals surface area (Å²) in [4.78, 5) is 52.9. The molecule has 4 aromatic carbocycles. The molecule has 7 saturated heterocycles. The number of hydrogen-bond acceptors (Lipinski definition) is 15. The highest BCUT2D eigenvalue weighted by Crippen LogP contribution is 2.38. The standard InChI is InChI=1S/C20H24N2O4S.C14H20N2O.C12H15NO.C10H17NO3.C5H9NO/c23-18-7-9-19(10-8-18)27(24,25)22-13-14-26-20(22)11-4-12-21(16-20)15-17-5-2-1-3-6-17;1-2-5-13(6-3-1)11-16-9-4-7-14(12-16)15-8-10-17-14;14-12-7-4-8-13(10-12)9-11-5-2-1-3-6-11;1-10(2,3)14-9(13)11-6-4-5-8(12)7-11;7-5-2-1-3-6-4-5/h1-3,5-10,23H,4,11-16H2;1-3,5-6,15H,4,7-12H2;1-3,5-6H,4,7-10H2;4-7H2,1-3H3;6H,1-4H2. The number of hydrogen-bond donors (Lipinski definition) is 3. The van der Waals surface area contributed by atoms with Crippen LogP contribution >= 0.6 is 0 Å². The Morgan fingerprint density at radius 2 is 1.15 bits per heavy atom. The van der Waals surface area contributed by atoms with Crippen molar-refractivity contribution in [2.45, 2.75) is 127 Å². The van der Waals surface area contributed by atoms with E-state index in [1.54, 1.807) is 0 Å². The number of rotatable bonds is 8. The number of phenolic OH excluding ortho intramolecular Hbond substituents is 1. The van der Waals surface area contributed by atoms with E-state index in [9.17, 15) is 32.7 Å². The predicted molar refractivity (Wildman–Crippen MR) is 304 cm³/mol. The van der Waals surface area contributed by atoms with E-state index < -0.39 is 21.3 Å². The van der Waals surface area contributed by atoms with E-state index in [1.807, 2.05) is 57.2 Å². The van der Waals surface area contributed by atoms with Gasteiger partial charge in [0, 0.05) is 71.6 Å².